The monoisotopic (exact) mass is 464 g/mol. The molecular formula is C31H21BN2O2. The highest BCUT2D eigenvalue weighted by atomic mass is 16.5. The summed E-state index contributed by atoms with van der Waals surface area (Å²) in [5, 5.41) is 2.25. The van der Waals surface area contributed by atoms with Crippen LogP contribution in [0.4, 0.5) is 22.7 Å². The molecule has 0 saturated heterocycles. The Kier molecular flexibility index (Phi) is 3.92. The fraction of sp³-hybridized carbons (Fsp3) is 0.0323. The van der Waals surface area contributed by atoms with E-state index in [-0.39, 0.29) is 6.85 Å². The zero-order valence-corrected chi connectivity index (χ0v) is 19.7. The number of ether oxygens (including phenoxy) is 1. The molecule has 0 aliphatic carbocycles. The Morgan fingerprint density at radius 2 is 1.22 bits per heavy atom. The van der Waals surface area contributed by atoms with E-state index in [1.165, 1.54) is 0 Å². The summed E-state index contributed by atoms with van der Waals surface area (Å²) in [4.78, 5) is 4.72. The second kappa shape index (κ2) is 7.19. The van der Waals surface area contributed by atoms with Gasteiger partial charge in [0.1, 0.15) is 17.1 Å². The van der Waals surface area contributed by atoms with E-state index in [4.69, 9.17) is 9.15 Å². The lowest BCUT2D eigenvalue weighted by atomic mass is 9.47. The number of nitrogens with zero attached hydrogens (tertiary/aromatic N) is 2. The minimum absolute atomic E-state index is 0.0847. The number of para-hydroxylation sites is 5. The van der Waals surface area contributed by atoms with Crippen molar-refractivity contribution in [3.63, 3.8) is 0 Å². The highest BCUT2D eigenvalue weighted by Gasteiger charge is 2.42. The Labute approximate surface area is 209 Å². The second-order valence-electron chi connectivity index (χ2n) is 9.41. The van der Waals surface area contributed by atoms with Crippen LogP contribution in [-0.2, 0) is 0 Å². The van der Waals surface area contributed by atoms with Crippen molar-refractivity contribution in [3.8, 4) is 11.5 Å². The van der Waals surface area contributed by atoms with Gasteiger partial charge in [-0.2, -0.15) is 0 Å². The predicted molar refractivity (Wildman–Crippen MR) is 148 cm³/mol. The maximum Gasteiger partial charge on any atom is 0.335 e. The molecule has 0 unspecified atom stereocenters. The Morgan fingerprint density at radius 3 is 2.00 bits per heavy atom. The topological polar surface area (TPSA) is 28.9 Å². The summed E-state index contributed by atoms with van der Waals surface area (Å²) in [5.41, 5.74) is 8.54. The molecule has 0 atom stereocenters. The fourth-order valence-electron chi connectivity index (χ4n) is 5.90. The summed E-state index contributed by atoms with van der Waals surface area (Å²) in [6.07, 6.45) is 0. The Hall–Kier alpha value is -4.64. The first-order valence-corrected chi connectivity index (χ1v) is 12.2. The lowest BCUT2D eigenvalue weighted by Gasteiger charge is -2.43. The van der Waals surface area contributed by atoms with Crippen molar-refractivity contribution in [1.29, 1.82) is 0 Å². The zero-order valence-electron chi connectivity index (χ0n) is 19.7. The average Bonchev–Trinajstić information content (AvgIpc) is 3.31. The predicted octanol–water partition coefficient (Wildman–Crippen LogP) is 6.72. The number of rotatable bonds is 1. The number of hydrogen-bond acceptors (Lipinski definition) is 4. The van der Waals surface area contributed by atoms with Crippen LogP contribution in [0.2, 0.25) is 0 Å². The minimum atomic E-state index is -0.0847. The smallest absolute Gasteiger partial charge is 0.335 e. The van der Waals surface area contributed by atoms with Gasteiger partial charge in [-0.15, -0.1) is 0 Å². The van der Waals surface area contributed by atoms with E-state index in [1.54, 1.807) is 0 Å². The molecule has 36 heavy (non-hydrogen) atoms. The van der Waals surface area contributed by atoms with Crippen LogP contribution in [0.15, 0.2) is 114 Å². The second-order valence-corrected chi connectivity index (χ2v) is 9.41. The molecule has 5 aromatic carbocycles. The van der Waals surface area contributed by atoms with E-state index in [0.29, 0.717) is 0 Å². The van der Waals surface area contributed by atoms with E-state index in [0.717, 1.165) is 67.1 Å². The first kappa shape index (κ1) is 19.6. The quantitative estimate of drug-likeness (QED) is 0.253. The van der Waals surface area contributed by atoms with Crippen molar-refractivity contribution in [2.45, 2.75) is 0 Å². The first-order valence-electron chi connectivity index (χ1n) is 12.2. The summed E-state index contributed by atoms with van der Waals surface area (Å²) in [6, 6.07) is 38.0. The third-order valence-electron chi connectivity index (χ3n) is 7.51. The molecule has 0 amide bonds. The molecule has 8 rings (SSSR count). The van der Waals surface area contributed by atoms with Crippen molar-refractivity contribution in [1.82, 2.24) is 0 Å². The molecule has 4 nitrogen and oxygen atoms in total. The molecule has 0 spiro atoms. The van der Waals surface area contributed by atoms with Crippen LogP contribution in [0.5, 0.6) is 11.5 Å². The SMILES string of the molecule is CN1c2ccccc2N(B2c3ccccc3Oc3ccccc32)c2c1ccc1c2oc2ccccc21. The van der Waals surface area contributed by atoms with Crippen LogP contribution in [0.1, 0.15) is 0 Å². The largest absolute Gasteiger partial charge is 0.458 e. The van der Waals surface area contributed by atoms with Gasteiger partial charge in [0.15, 0.2) is 5.58 Å². The molecule has 0 saturated carbocycles. The highest BCUT2D eigenvalue weighted by molar-refractivity contribution is 6.91. The van der Waals surface area contributed by atoms with Crippen LogP contribution in [0.25, 0.3) is 21.9 Å². The molecule has 6 aromatic rings. The van der Waals surface area contributed by atoms with Gasteiger partial charge >= 0.3 is 6.85 Å². The molecular weight excluding hydrogens is 443 g/mol. The molecule has 0 radical (unpaired) electrons. The summed E-state index contributed by atoms with van der Waals surface area (Å²) in [6.45, 7) is -0.0847. The number of anilines is 4. The Morgan fingerprint density at radius 1 is 0.583 bits per heavy atom. The molecule has 2 aliphatic heterocycles. The lowest BCUT2D eigenvalue weighted by Crippen LogP contribution is -2.58. The van der Waals surface area contributed by atoms with Crippen molar-refractivity contribution >= 4 is 62.5 Å². The molecule has 0 bridgehead atoms. The van der Waals surface area contributed by atoms with E-state index in [1.807, 2.05) is 24.3 Å². The third-order valence-corrected chi connectivity index (χ3v) is 7.51. The van der Waals surface area contributed by atoms with Gasteiger partial charge in [0.2, 0.25) is 0 Å². The third kappa shape index (κ3) is 2.54. The molecule has 3 heterocycles. The van der Waals surface area contributed by atoms with Gasteiger partial charge < -0.3 is 18.9 Å². The van der Waals surface area contributed by atoms with Gasteiger partial charge in [-0.05, 0) is 53.4 Å². The normalized spacial score (nSPS) is 13.8. The van der Waals surface area contributed by atoms with Crippen molar-refractivity contribution in [2.24, 2.45) is 0 Å². The van der Waals surface area contributed by atoms with Crippen LogP contribution in [-0.4, -0.2) is 13.9 Å². The summed E-state index contributed by atoms with van der Waals surface area (Å²) < 4.78 is 13.0. The highest BCUT2D eigenvalue weighted by Crippen LogP contribution is 2.52. The number of fused-ring (bicyclic) bond motifs is 8. The van der Waals surface area contributed by atoms with Crippen molar-refractivity contribution in [3.05, 3.63) is 109 Å². The van der Waals surface area contributed by atoms with E-state index < -0.39 is 0 Å². The van der Waals surface area contributed by atoms with E-state index in [9.17, 15) is 0 Å². The van der Waals surface area contributed by atoms with E-state index in [2.05, 4.69) is 102 Å². The Balaban J connectivity index is 1.51. The maximum atomic E-state index is 6.61. The van der Waals surface area contributed by atoms with Gasteiger partial charge in [-0.3, -0.25) is 0 Å². The van der Waals surface area contributed by atoms with Crippen LogP contribution in [0.3, 0.4) is 0 Å². The molecule has 0 N–H and O–H groups in total. The molecule has 5 heteroatoms. The summed E-state index contributed by atoms with van der Waals surface area (Å²) in [7, 11) is 2.13. The standard InChI is InChI=1S/C31H21BN2O2/c1-33-24-13-5-6-14-25(24)34(30-26(33)19-18-21-20-10-2-7-15-27(20)36-31(21)30)32-22-11-3-8-16-28(22)35-29-17-9-4-12-23(29)32/h2-19H,1H3. The summed E-state index contributed by atoms with van der Waals surface area (Å²) >= 11 is 0. The van der Waals surface area contributed by atoms with Crippen LogP contribution >= 0.6 is 0 Å². The van der Waals surface area contributed by atoms with Gasteiger partial charge in [-0.25, -0.2) is 0 Å². The van der Waals surface area contributed by atoms with Gasteiger partial charge in [0, 0.05) is 17.8 Å². The van der Waals surface area contributed by atoms with Gasteiger partial charge in [-0.1, -0.05) is 66.7 Å². The Bertz CT molecular complexity index is 1780. The maximum absolute atomic E-state index is 6.61. The van der Waals surface area contributed by atoms with Gasteiger partial charge in [0.25, 0.3) is 0 Å². The van der Waals surface area contributed by atoms with Crippen molar-refractivity contribution in [2.75, 3.05) is 16.8 Å². The number of benzene rings is 5. The van der Waals surface area contributed by atoms with Crippen molar-refractivity contribution < 1.29 is 9.15 Å². The minimum Gasteiger partial charge on any atom is -0.458 e. The van der Waals surface area contributed by atoms with E-state index >= 15 is 0 Å². The molecule has 2 aliphatic rings. The lowest BCUT2D eigenvalue weighted by molar-refractivity contribution is 0.487. The average molecular weight is 464 g/mol. The number of furan rings is 1. The van der Waals surface area contributed by atoms with Crippen LogP contribution < -0.4 is 25.4 Å². The van der Waals surface area contributed by atoms with Crippen LogP contribution in [0, 0.1) is 0 Å². The molecule has 0 fully saturated rings. The summed E-state index contributed by atoms with van der Waals surface area (Å²) in [5.74, 6) is 1.77. The fourth-order valence-corrected chi connectivity index (χ4v) is 5.90. The number of hydrogen-bond donors (Lipinski definition) is 0. The first-order chi connectivity index (χ1) is 17.8. The van der Waals surface area contributed by atoms with Gasteiger partial charge in [0.05, 0.1) is 22.7 Å². The molecule has 1 aromatic heterocycles. The molecule has 170 valence electrons. The zero-order chi connectivity index (χ0) is 23.8.